The van der Waals surface area contributed by atoms with E-state index in [1.165, 1.54) is 31.4 Å². The molecule has 146 valence electrons. The van der Waals surface area contributed by atoms with E-state index in [-0.39, 0.29) is 0 Å². The van der Waals surface area contributed by atoms with Gasteiger partial charge < -0.3 is 0 Å². The fraction of sp³-hybridized carbons (Fsp3) is 0. The molecule has 0 saturated carbocycles. The molecule has 0 bridgehead atoms. The average Bonchev–Trinajstić information content (AvgIpc) is 3.50. The summed E-state index contributed by atoms with van der Waals surface area (Å²) in [6.45, 7) is 0. The SMILES string of the molecule is c1ccc2sc(-c3ccc(-n4c5ccccc5c5nc6ccccn6c54)cc3)cc2c1. The van der Waals surface area contributed by atoms with E-state index in [2.05, 4.69) is 106 Å². The van der Waals surface area contributed by atoms with E-state index in [1.807, 2.05) is 17.4 Å². The van der Waals surface area contributed by atoms with Gasteiger partial charge in [-0.15, -0.1) is 11.3 Å². The largest absolute Gasteiger partial charge is 0.294 e. The molecular formula is C27H17N3S. The zero-order valence-corrected chi connectivity index (χ0v) is 17.4. The van der Waals surface area contributed by atoms with Gasteiger partial charge >= 0.3 is 0 Å². The van der Waals surface area contributed by atoms with Crippen LogP contribution in [0.3, 0.4) is 0 Å². The highest BCUT2D eigenvalue weighted by molar-refractivity contribution is 7.22. The number of rotatable bonds is 2. The molecule has 0 N–H and O–H groups in total. The predicted octanol–water partition coefficient (Wildman–Crippen LogP) is 7.31. The molecule has 7 aromatic rings. The number of para-hydroxylation sites is 1. The highest BCUT2D eigenvalue weighted by atomic mass is 32.1. The Labute approximate surface area is 182 Å². The molecule has 3 aromatic carbocycles. The molecule has 4 heteroatoms. The van der Waals surface area contributed by atoms with Crippen molar-refractivity contribution < 1.29 is 0 Å². The van der Waals surface area contributed by atoms with E-state index in [0.717, 1.165) is 22.5 Å². The van der Waals surface area contributed by atoms with Gasteiger partial charge in [-0.2, -0.15) is 0 Å². The number of hydrogen-bond donors (Lipinski definition) is 0. The standard InChI is InChI=1S/C27H17N3S/c1-4-10-23-19(7-1)17-24(31-23)18-12-14-20(15-13-18)30-22-9-3-2-8-21(22)26-27(30)29-16-6-5-11-25(29)28-26/h1-17H. The first-order valence-corrected chi connectivity index (χ1v) is 11.1. The fourth-order valence-electron chi connectivity index (χ4n) is 4.52. The van der Waals surface area contributed by atoms with Crippen LogP contribution in [-0.2, 0) is 0 Å². The first-order valence-electron chi connectivity index (χ1n) is 10.3. The van der Waals surface area contributed by atoms with Crippen molar-refractivity contribution in [3.8, 4) is 16.1 Å². The summed E-state index contributed by atoms with van der Waals surface area (Å²) in [5, 5.41) is 2.48. The maximum absolute atomic E-state index is 4.92. The molecule has 0 amide bonds. The van der Waals surface area contributed by atoms with Crippen LogP contribution in [-0.4, -0.2) is 14.0 Å². The van der Waals surface area contributed by atoms with Crippen molar-refractivity contribution in [2.24, 2.45) is 0 Å². The molecular weight excluding hydrogens is 398 g/mol. The smallest absolute Gasteiger partial charge is 0.150 e. The van der Waals surface area contributed by atoms with Gasteiger partial charge in [-0.05, 0) is 53.4 Å². The van der Waals surface area contributed by atoms with Crippen molar-refractivity contribution in [3.05, 3.63) is 103 Å². The third-order valence-corrected chi connectivity index (χ3v) is 7.12. The summed E-state index contributed by atoms with van der Waals surface area (Å²) in [7, 11) is 0. The molecule has 0 aliphatic rings. The quantitative estimate of drug-likeness (QED) is 0.290. The predicted molar refractivity (Wildman–Crippen MR) is 130 cm³/mol. The number of aromatic nitrogens is 3. The number of benzene rings is 3. The Kier molecular flexibility index (Phi) is 3.43. The van der Waals surface area contributed by atoms with E-state index < -0.39 is 0 Å². The number of thiophene rings is 1. The van der Waals surface area contributed by atoms with Crippen molar-refractivity contribution in [3.63, 3.8) is 0 Å². The first kappa shape index (κ1) is 16.9. The molecule has 4 aromatic heterocycles. The number of imidazole rings is 1. The number of nitrogens with zero attached hydrogens (tertiary/aromatic N) is 3. The summed E-state index contributed by atoms with van der Waals surface area (Å²) >= 11 is 1.84. The number of pyridine rings is 1. The molecule has 0 saturated heterocycles. The minimum Gasteiger partial charge on any atom is -0.294 e. The second-order valence-corrected chi connectivity index (χ2v) is 8.84. The lowest BCUT2D eigenvalue weighted by Crippen LogP contribution is -1.97. The van der Waals surface area contributed by atoms with Crippen LogP contribution in [0.2, 0.25) is 0 Å². The highest BCUT2D eigenvalue weighted by Gasteiger charge is 2.17. The van der Waals surface area contributed by atoms with Gasteiger partial charge in [0, 0.05) is 26.8 Å². The van der Waals surface area contributed by atoms with E-state index in [9.17, 15) is 0 Å². The van der Waals surface area contributed by atoms with Gasteiger partial charge in [0.2, 0.25) is 0 Å². The summed E-state index contributed by atoms with van der Waals surface area (Å²) < 4.78 is 5.82. The zero-order valence-electron chi connectivity index (χ0n) is 16.6. The minimum atomic E-state index is 0.967. The monoisotopic (exact) mass is 415 g/mol. The lowest BCUT2D eigenvalue weighted by molar-refractivity contribution is 1.09. The third kappa shape index (κ3) is 2.43. The molecule has 0 fully saturated rings. The Bertz CT molecular complexity index is 1690. The van der Waals surface area contributed by atoms with E-state index in [0.29, 0.717) is 0 Å². The Balaban J connectivity index is 1.46. The van der Waals surface area contributed by atoms with Crippen molar-refractivity contribution in [1.29, 1.82) is 0 Å². The Morgan fingerprint density at radius 1 is 0.742 bits per heavy atom. The molecule has 7 rings (SSSR count). The molecule has 0 atom stereocenters. The molecule has 0 aliphatic carbocycles. The number of hydrogen-bond acceptors (Lipinski definition) is 2. The maximum Gasteiger partial charge on any atom is 0.150 e. The molecule has 0 aliphatic heterocycles. The van der Waals surface area contributed by atoms with Gasteiger partial charge in [0.25, 0.3) is 0 Å². The summed E-state index contributed by atoms with van der Waals surface area (Å²) in [6.07, 6.45) is 2.09. The van der Waals surface area contributed by atoms with Crippen LogP contribution >= 0.6 is 11.3 Å². The molecule has 3 nitrogen and oxygen atoms in total. The fourth-order valence-corrected chi connectivity index (χ4v) is 5.59. The van der Waals surface area contributed by atoms with Gasteiger partial charge in [0.15, 0.2) is 5.65 Å². The van der Waals surface area contributed by atoms with Crippen molar-refractivity contribution in [2.75, 3.05) is 0 Å². The van der Waals surface area contributed by atoms with Crippen molar-refractivity contribution in [2.45, 2.75) is 0 Å². The van der Waals surface area contributed by atoms with Gasteiger partial charge in [0.05, 0.1) is 5.52 Å². The van der Waals surface area contributed by atoms with Crippen LogP contribution in [0.15, 0.2) is 103 Å². The molecule has 0 unspecified atom stereocenters. The molecule has 4 heterocycles. The van der Waals surface area contributed by atoms with Gasteiger partial charge in [-0.3, -0.25) is 8.97 Å². The van der Waals surface area contributed by atoms with Gasteiger partial charge in [-0.25, -0.2) is 4.98 Å². The highest BCUT2D eigenvalue weighted by Crippen LogP contribution is 2.36. The summed E-state index contributed by atoms with van der Waals surface area (Å²) in [4.78, 5) is 6.22. The van der Waals surface area contributed by atoms with Crippen LogP contribution in [0.5, 0.6) is 0 Å². The third-order valence-electron chi connectivity index (χ3n) is 5.95. The van der Waals surface area contributed by atoms with Crippen LogP contribution in [0.1, 0.15) is 0 Å². The Hall–Kier alpha value is -3.89. The number of fused-ring (bicyclic) bond motifs is 6. The minimum absolute atomic E-state index is 0.967. The van der Waals surface area contributed by atoms with Crippen LogP contribution < -0.4 is 0 Å². The summed E-state index contributed by atoms with van der Waals surface area (Å²) in [5.74, 6) is 0. The van der Waals surface area contributed by atoms with Crippen LogP contribution in [0, 0.1) is 0 Å². The Morgan fingerprint density at radius 3 is 2.45 bits per heavy atom. The molecule has 0 spiro atoms. The second-order valence-electron chi connectivity index (χ2n) is 7.76. The zero-order chi connectivity index (χ0) is 20.4. The van der Waals surface area contributed by atoms with Gasteiger partial charge in [-0.1, -0.05) is 54.6 Å². The molecule has 31 heavy (non-hydrogen) atoms. The molecule has 0 radical (unpaired) electrons. The topological polar surface area (TPSA) is 22.2 Å². The van der Waals surface area contributed by atoms with E-state index in [4.69, 9.17) is 4.98 Å². The van der Waals surface area contributed by atoms with E-state index in [1.54, 1.807) is 0 Å². The lowest BCUT2D eigenvalue weighted by atomic mass is 10.1. The summed E-state index contributed by atoms with van der Waals surface area (Å²) in [5.41, 5.74) is 6.67. The van der Waals surface area contributed by atoms with Crippen LogP contribution in [0.4, 0.5) is 0 Å². The first-order chi connectivity index (χ1) is 15.4. The normalized spacial score (nSPS) is 11.9. The van der Waals surface area contributed by atoms with Gasteiger partial charge in [0.1, 0.15) is 11.2 Å². The maximum atomic E-state index is 4.92. The second kappa shape index (κ2) is 6.30. The Morgan fingerprint density at radius 2 is 1.55 bits per heavy atom. The van der Waals surface area contributed by atoms with Crippen LogP contribution in [0.25, 0.3) is 53.9 Å². The summed E-state index contributed by atoms with van der Waals surface area (Å²) in [6, 6.07) is 34.4. The lowest BCUT2D eigenvalue weighted by Gasteiger charge is -2.09. The van der Waals surface area contributed by atoms with E-state index >= 15 is 0 Å². The van der Waals surface area contributed by atoms with Crippen molar-refractivity contribution >= 4 is 49.1 Å². The average molecular weight is 416 g/mol. The van der Waals surface area contributed by atoms with Crippen molar-refractivity contribution in [1.82, 2.24) is 14.0 Å².